The van der Waals surface area contributed by atoms with Crippen LogP contribution in [0, 0.1) is 0 Å². The van der Waals surface area contributed by atoms with Gasteiger partial charge >= 0.3 is 0 Å². The largest absolute Gasteiger partial charge is 0.483 e. The van der Waals surface area contributed by atoms with E-state index in [4.69, 9.17) is 39.5 Å². The third-order valence-corrected chi connectivity index (χ3v) is 7.00. The zero-order valence-electron chi connectivity index (χ0n) is 19.6. The number of amides is 2. The van der Waals surface area contributed by atoms with E-state index in [1.165, 1.54) is 4.90 Å². The Hall–Kier alpha value is -2.25. The molecule has 0 aromatic heterocycles. The smallest absolute Gasteiger partial charge is 0.261 e. The van der Waals surface area contributed by atoms with Crippen molar-refractivity contribution in [1.82, 2.24) is 10.2 Å². The zero-order valence-corrected chi connectivity index (χ0v) is 23.5. The maximum absolute atomic E-state index is 13.6. The van der Waals surface area contributed by atoms with Gasteiger partial charge in [-0.2, -0.15) is 0 Å². The molecule has 2 amide bonds. The van der Waals surface area contributed by atoms with Crippen LogP contribution in [0.1, 0.15) is 24.5 Å². The van der Waals surface area contributed by atoms with Gasteiger partial charge in [-0.15, -0.1) is 0 Å². The number of carbonyl (C=O) groups excluding carboxylic acids is 2. The minimum absolute atomic E-state index is 0.151. The summed E-state index contributed by atoms with van der Waals surface area (Å²) in [6, 6.07) is 19.0. The molecule has 0 heterocycles. The predicted octanol–water partition coefficient (Wildman–Crippen LogP) is 6.95. The van der Waals surface area contributed by atoms with E-state index in [9.17, 15) is 9.59 Å². The minimum Gasteiger partial charge on any atom is -0.483 e. The van der Waals surface area contributed by atoms with Gasteiger partial charge in [0, 0.05) is 24.5 Å². The second kappa shape index (κ2) is 13.9. The number of rotatable bonds is 11. The van der Waals surface area contributed by atoms with Gasteiger partial charge in [0.2, 0.25) is 5.91 Å². The van der Waals surface area contributed by atoms with Gasteiger partial charge in [-0.25, -0.2) is 0 Å². The molecule has 0 fully saturated rings. The Labute approximate surface area is 234 Å². The van der Waals surface area contributed by atoms with E-state index in [0.29, 0.717) is 38.3 Å². The summed E-state index contributed by atoms with van der Waals surface area (Å²) >= 11 is 21.7. The number of nitrogens with zero attached hydrogens (tertiary/aromatic N) is 1. The first-order chi connectivity index (χ1) is 17.3. The quantitative estimate of drug-likeness (QED) is 0.255. The molecule has 0 aliphatic carbocycles. The number of benzene rings is 3. The van der Waals surface area contributed by atoms with Crippen LogP contribution in [0.5, 0.6) is 5.75 Å². The molecule has 0 aliphatic rings. The van der Waals surface area contributed by atoms with Crippen LogP contribution >= 0.6 is 50.7 Å². The number of ether oxygens (including phenoxy) is 1. The Morgan fingerprint density at radius 3 is 2.39 bits per heavy atom. The van der Waals surface area contributed by atoms with Crippen LogP contribution in [0.15, 0.2) is 71.2 Å². The van der Waals surface area contributed by atoms with Gasteiger partial charge in [0.15, 0.2) is 6.61 Å². The average molecular weight is 613 g/mol. The number of hydrogen-bond acceptors (Lipinski definition) is 3. The van der Waals surface area contributed by atoms with Crippen LogP contribution in [0.4, 0.5) is 0 Å². The average Bonchev–Trinajstić information content (AvgIpc) is 2.86. The minimum atomic E-state index is -0.766. The fourth-order valence-corrected chi connectivity index (χ4v) is 4.69. The highest BCUT2D eigenvalue weighted by Crippen LogP contribution is 2.28. The summed E-state index contributed by atoms with van der Waals surface area (Å²) in [5, 5.41) is 4.27. The SMILES string of the molecule is CCCNC(=O)[C@H](Cc1ccccc1)N(Cc1ccc(Cl)c(Cl)c1)C(=O)COc1ccc(Cl)cc1Br. The summed E-state index contributed by atoms with van der Waals surface area (Å²) in [6.45, 7) is 2.36. The molecule has 36 heavy (non-hydrogen) atoms. The van der Waals surface area contributed by atoms with Crippen LogP contribution in [0.3, 0.4) is 0 Å². The first-order valence-electron chi connectivity index (χ1n) is 11.4. The molecular weight excluding hydrogens is 587 g/mol. The number of halogens is 4. The third kappa shape index (κ3) is 8.13. The lowest BCUT2D eigenvalue weighted by Crippen LogP contribution is -2.51. The van der Waals surface area contributed by atoms with Crippen molar-refractivity contribution < 1.29 is 14.3 Å². The van der Waals surface area contributed by atoms with E-state index in [1.54, 1.807) is 36.4 Å². The van der Waals surface area contributed by atoms with Gasteiger partial charge < -0.3 is 15.0 Å². The van der Waals surface area contributed by atoms with Crippen molar-refractivity contribution in [3.8, 4) is 5.75 Å². The third-order valence-electron chi connectivity index (χ3n) is 5.40. The van der Waals surface area contributed by atoms with Crippen molar-refractivity contribution in [3.63, 3.8) is 0 Å². The summed E-state index contributed by atoms with van der Waals surface area (Å²) in [7, 11) is 0. The van der Waals surface area contributed by atoms with Gasteiger partial charge in [0.05, 0.1) is 14.5 Å². The molecule has 3 rings (SSSR count). The van der Waals surface area contributed by atoms with Gasteiger partial charge in [0.1, 0.15) is 11.8 Å². The number of carbonyl (C=O) groups is 2. The monoisotopic (exact) mass is 610 g/mol. The van der Waals surface area contributed by atoms with Crippen LogP contribution in [0.25, 0.3) is 0 Å². The highest BCUT2D eigenvalue weighted by atomic mass is 79.9. The highest BCUT2D eigenvalue weighted by molar-refractivity contribution is 9.10. The molecule has 0 aliphatic heterocycles. The second-order valence-electron chi connectivity index (χ2n) is 8.13. The van der Waals surface area contributed by atoms with Crippen molar-refractivity contribution >= 4 is 62.5 Å². The van der Waals surface area contributed by atoms with Gasteiger partial charge in [-0.3, -0.25) is 9.59 Å². The molecule has 0 spiro atoms. The molecule has 0 bridgehead atoms. The molecule has 3 aromatic rings. The molecule has 0 radical (unpaired) electrons. The molecule has 1 atom stereocenters. The maximum atomic E-state index is 13.6. The Bertz CT molecular complexity index is 1190. The first-order valence-corrected chi connectivity index (χ1v) is 13.3. The maximum Gasteiger partial charge on any atom is 0.261 e. The molecule has 0 saturated carbocycles. The van der Waals surface area contributed by atoms with Gasteiger partial charge in [0.25, 0.3) is 5.91 Å². The summed E-state index contributed by atoms with van der Waals surface area (Å²) < 4.78 is 6.43. The van der Waals surface area contributed by atoms with Gasteiger partial charge in [-0.1, -0.05) is 78.1 Å². The molecule has 0 saturated heterocycles. The van der Waals surface area contributed by atoms with Crippen molar-refractivity contribution in [1.29, 1.82) is 0 Å². The molecule has 9 heteroatoms. The highest BCUT2D eigenvalue weighted by Gasteiger charge is 2.30. The van der Waals surface area contributed by atoms with Crippen LogP contribution < -0.4 is 10.1 Å². The van der Waals surface area contributed by atoms with Crippen molar-refractivity contribution in [2.24, 2.45) is 0 Å². The lowest BCUT2D eigenvalue weighted by atomic mass is 10.0. The number of hydrogen-bond donors (Lipinski definition) is 1. The second-order valence-corrected chi connectivity index (χ2v) is 10.2. The van der Waals surface area contributed by atoms with Crippen molar-refractivity contribution in [2.75, 3.05) is 13.2 Å². The Kier molecular flexibility index (Phi) is 10.9. The predicted molar refractivity (Wildman–Crippen MR) is 149 cm³/mol. The molecule has 1 N–H and O–H groups in total. The van der Waals surface area contributed by atoms with Crippen molar-refractivity contribution in [3.05, 3.63) is 97.4 Å². The molecule has 0 unspecified atom stereocenters. The summed E-state index contributed by atoms with van der Waals surface area (Å²) in [6.07, 6.45) is 1.12. The fraction of sp³-hybridized carbons (Fsp3) is 0.259. The zero-order chi connectivity index (χ0) is 26.1. The van der Waals surface area contributed by atoms with Crippen LogP contribution in [-0.2, 0) is 22.6 Å². The van der Waals surface area contributed by atoms with E-state index < -0.39 is 6.04 Å². The normalized spacial score (nSPS) is 11.6. The van der Waals surface area contributed by atoms with E-state index >= 15 is 0 Å². The lowest BCUT2D eigenvalue weighted by molar-refractivity contribution is -0.142. The Morgan fingerprint density at radius 1 is 0.972 bits per heavy atom. The van der Waals surface area contributed by atoms with E-state index in [2.05, 4.69) is 21.2 Å². The molecular formula is C27H26BrCl3N2O3. The molecule has 190 valence electrons. The van der Waals surface area contributed by atoms with E-state index in [-0.39, 0.29) is 25.0 Å². The summed E-state index contributed by atoms with van der Waals surface area (Å²) in [4.78, 5) is 28.4. The van der Waals surface area contributed by atoms with Crippen LogP contribution in [-0.4, -0.2) is 35.9 Å². The van der Waals surface area contributed by atoms with E-state index in [1.807, 2.05) is 37.3 Å². The molecule has 5 nitrogen and oxygen atoms in total. The molecule has 3 aromatic carbocycles. The standard InChI is InChI=1S/C27H26BrCl3N2O3/c1-2-12-32-27(35)24(14-18-6-4-3-5-7-18)33(16-19-8-10-22(30)23(31)13-19)26(34)17-36-25-11-9-20(29)15-21(25)28/h3-11,13,15,24H,2,12,14,16-17H2,1H3,(H,32,35)/t24-/m0/s1. The first kappa shape index (κ1) is 28.3. The Balaban J connectivity index is 1.92. The van der Waals surface area contributed by atoms with Crippen LogP contribution in [0.2, 0.25) is 15.1 Å². The van der Waals surface area contributed by atoms with Gasteiger partial charge in [-0.05, 0) is 63.8 Å². The van der Waals surface area contributed by atoms with E-state index in [0.717, 1.165) is 17.5 Å². The summed E-state index contributed by atoms with van der Waals surface area (Å²) in [5.41, 5.74) is 1.68. The fourth-order valence-electron chi connectivity index (χ4n) is 3.57. The Morgan fingerprint density at radius 2 is 1.72 bits per heavy atom. The number of nitrogens with one attached hydrogen (secondary N) is 1. The topological polar surface area (TPSA) is 58.6 Å². The van der Waals surface area contributed by atoms with Crippen molar-refractivity contribution in [2.45, 2.75) is 32.4 Å². The summed E-state index contributed by atoms with van der Waals surface area (Å²) in [5.74, 6) is -0.116. The lowest BCUT2D eigenvalue weighted by Gasteiger charge is -2.31.